The van der Waals surface area contributed by atoms with Gasteiger partial charge >= 0.3 is 0 Å². The van der Waals surface area contributed by atoms with Crippen molar-refractivity contribution in [3.63, 3.8) is 0 Å². The highest BCUT2D eigenvalue weighted by molar-refractivity contribution is 5.92. The second-order valence-electron chi connectivity index (χ2n) is 5.61. The van der Waals surface area contributed by atoms with Crippen LogP contribution in [0.15, 0.2) is 36.4 Å². The number of anilines is 1. The Morgan fingerprint density at radius 1 is 1.22 bits per heavy atom. The van der Waals surface area contributed by atoms with E-state index in [1.807, 2.05) is 30.3 Å². The highest BCUT2D eigenvalue weighted by Gasteiger charge is 2.15. The third-order valence-corrected chi connectivity index (χ3v) is 3.50. The second-order valence-corrected chi connectivity index (χ2v) is 5.61. The van der Waals surface area contributed by atoms with Crippen molar-refractivity contribution < 1.29 is 4.79 Å². The van der Waals surface area contributed by atoms with Crippen LogP contribution < -0.4 is 5.32 Å². The summed E-state index contributed by atoms with van der Waals surface area (Å²) < 4.78 is 0. The molecule has 0 fully saturated rings. The number of aryl methyl sites for hydroxylation is 1. The van der Waals surface area contributed by atoms with Crippen LogP contribution in [0.2, 0.25) is 0 Å². The fourth-order valence-corrected chi connectivity index (χ4v) is 2.29. The Balaban J connectivity index is 2.08. The summed E-state index contributed by atoms with van der Waals surface area (Å²) in [6.07, 6.45) is 2.18. The number of hydrogen-bond donors (Lipinski definition) is 1. The molecule has 0 bridgehead atoms. The van der Waals surface area contributed by atoms with Gasteiger partial charge in [0.2, 0.25) is 0 Å². The highest BCUT2D eigenvalue weighted by Crippen LogP contribution is 2.11. The lowest BCUT2D eigenvalue weighted by molar-refractivity contribution is 0.0779. The van der Waals surface area contributed by atoms with E-state index >= 15 is 0 Å². The zero-order chi connectivity index (χ0) is 16.7. The van der Waals surface area contributed by atoms with Crippen molar-refractivity contribution in [1.29, 1.82) is 0 Å². The van der Waals surface area contributed by atoms with Gasteiger partial charge in [-0.3, -0.25) is 4.79 Å². The lowest BCUT2D eigenvalue weighted by Crippen LogP contribution is -2.27. The van der Waals surface area contributed by atoms with E-state index in [1.54, 1.807) is 24.9 Å². The van der Waals surface area contributed by atoms with Gasteiger partial charge in [-0.15, -0.1) is 0 Å². The van der Waals surface area contributed by atoms with Crippen molar-refractivity contribution in [3.8, 4) is 0 Å². The van der Waals surface area contributed by atoms with Crippen molar-refractivity contribution in [1.82, 2.24) is 14.9 Å². The number of hydrogen-bond acceptors (Lipinski definition) is 4. The quantitative estimate of drug-likeness (QED) is 0.797. The van der Waals surface area contributed by atoms with E-state index in [0.717, 1.165) is 24.9 Å². The van der Waals surface area contributed by atoms with Gasteiger partial charge in [-0.05, 0) is 18.9 Å². The van der Waals surface area contributed by atoms with Crippen molar-refractivity contribution >= 4 is 11.7 Å². The molecule has 0 unspecified atom stereocenters. The average Bonchev–Trinajstić information content (AvgIpc) is 2.55. The van der Waals surface area contributed by atoms with E-state index in [1.165, 1.54) is 0 Å². The number of nitrogens with zero attached hydrogens (tertiary/aromatic N) is 3. The second kappa shape index (κ2) is 8.27. The largest absolute Gasteiger partial charge is 0.370 e. The fourth-order valence-electron chi connectivity index (χ4n) is 2.29. The molecule has 1 N–H and O–H groups in total. The minimum atomic E-state index is -0.0992. The van der Waals surface area contributed by atoms with Crippen LogP contribution in [0.4, 0.5) is 5.82 Å². The molecule has 0 saturated carbocycles. The van der Waals surface area contributed by atoms with Crippen LogP contribution in [0.1, 0.15) is 41.6 Å². The molecule has 0 aliphatic heterocycles. The molecule has 1 aromatic carbocycles. The number of carbonyl (C=O) groups is 1. The van der Waals surface area contributed by atoms with E-state index < -0.39 is 0 Å². The van der Waals surface area contributed by atoms with Crippen LogP contribution in [0.3, 0.4) is 0 Å². The standard InChI is InChI=1S/C18H24N4O/c1-4-5-11-19-17-12-16(20-14(2)21-17)18(23)22(3)13-15-9-7-6-8-10-15/h6-10,12H,4-5,11,13H2,1-3H3,(H,19,20,21). The Labute approximate surface area is 137 Å². The third-order valence-electron chi connectivity index (χ3n) is 3.50. The van der Waals surface area contributed by atoms with Crippen LogP contribution in [0.5, 0.6) is 0 Å². The van der Waals surface area contributed by atoms with Gasteiger partial charge in [0.1, 0.15) is 17.3 Å². The number of benzene rings is 1. The minimum absolute atomic E-state index is 0.0992. The van der Waals surface area contributed by atoms with Crippen LogP contribution in [0.25, 0.3) is 0 Å². The number of aromatic nitrogens is 2. The number of rotatable bonds is 7. The van der Waals surface area contributed by atoms with Crippen molar-refractivity contribution in [2.75, 3.05) is 18.9 Å². The molecule has 2 aromatic rings. The van der Waals surface area contributed by atoms with E-state index in [4.69, 9.17) is 0 Å². The molecule has 0 saturated heterocycles. The fraction of sp³-hybridized carbons (Fsp3) is 0.389. The smallest absolute Gasteiger partial charge is 0.272 e. The lowest BCUT2D eigenvalue weighted by Gasteiger charge is -2.17. The Hall–Kier alpha value is -2.43. The predicted octanol–water partition coefficient (Wildman–Crippen LogP) is 3.27. The first kappa shape index (κ1) is 16.9. The van der Waals surface area contributed by atoms with E-state index in [9.17, 15) is 4.79 Å². The SMILES string of the molecule is CCCCNc1cc(C(=O)N(C)Cc2ccccc2)nc(C)n1. The van der Waals surface area contributed by atoms with Gasteiger partial charge in [0.05, 0.1) is 0 Å². The molecule has 1 amide bonds. The van der Waals surface area contributed by atoms with Gasteiger partial charge < -0.3 is 10.2 Å². The van der Waals surface area contributed by atoms with Crippen molar-refractivity contribution in [2.45, 2.75) is 33.2 Å². The van der Waals surface area contributed by atoms with Crippen molar-refractivity contribution in [3.05, 3.63) is 53.5 Å². The molecule has 0 spiro atoms. The van der Waals surface area contributed by atoms with E-state index in [-0.39, 0.29) is 5.91 Å². The molecule has 0 aliphatic carbocycles. The molecular weight excluding hydrogens is 288 g/mol. The maximum atomic E-state index is 12.6. The first-order valence-corrected chi connectivity index (χ1v) is 7.99. The number of unbranched alkanes of at least 4 members (excludes halogenated alkanes) is 1. The molecule has 23 heavy (non-hydrogen) atoms. The topological polar surface area (TPSA) is 58.1 Å². The van der Waals surface area contributed by atoms with Crippen LogP contribution in [0, 0.1) is 6.92 Å². The summed E-state index contributed by atoms with van der Waals surface area (Å²) in [4.78, 5) is 22.9. The van der Waals surface area contributed by atoms with Gasteiger partial charge in [-0.25, -0.2) is 9.97 Å². The van der Waals surface area contributed by atoms with Crippen LogP contribution >= 0.6 is 0 Å². The molecule has 5 nitrogen and oxygen atoms in total. The Morgan fingerprint density at radius 3 is 2.65 bits per heavy atom. The van der Waals surface area contributed by atoms with Crippen LogP contribution in [-0.4, -0.2) is 34.4 Å². The van der Waals surface area contributed by atoms with E-state index in [2.05, 4.69) is 22.2 Å². The maximum Gasteiger partial charge on any atom is 0.272 e. The molecule has 1 aromatic heterocycles. The number of amides is 1. The summed E-state index contributed by atoms with van der Waals surface area (Å²) in [5.74, 6) is 1.21. The summed E-state index contributed by atoms with van der Waals surface area (Å²) in [6, 6.07) is 11.6. The van der Waals surface area contributed by atoms with Gasteiger partial charge in [0.15, 0.2) is 0 Å². The first-order valence-electron chi connectivity index (χ1n) is 7.99. The molecule has 0 radical (unpaired) electrons. The summed E-state index contributed by atoms with van der Waals surface area (Å²) in [5, 5.41) is 3.25. The summed E-state index contributed by atoms with van der Waals surface area (Å²) >= 11 is 0. The molecule has 0 aliphatic rings. The summed E-state index contributed by atoms with van der Waals surface area (Å²) in [7, 11) is 1.79. The molecule has 5 heteroatoms. The monoisotopic (exact) mass is 312 g/mol. The van der Waals surface area contributed by atoms with Gasteiger partial charge in [-0.1, -0.05) is 43.7 Å². The Kier molecular flexibility index (Phi) is 6.09. The zero-order valence-corrected chi connectivity index (χ0v) is 14.0. The number of carbonyl (C=O) groups excluding carboxylic acids is 1. The zero-order valence-electron chi connectivity index (χ0n) is 14.0. The molecule has 122 valence electrons. The van der Waals surface area contributed by atoms with Gasteiger partial charge in [0, 0.05) is 26.2 Å². The number of nitrogens with one attached hydrogen (secondary N) is 1. The average molecular weight is 312 g/mol. The third kappa shape index (κ3) is 5.06. The Bertz CT molecular complexity index is 643. The summed E-state index contributed by atoms with van der Waals surface area (Å²) in [6.45, 7) is 5.35. The predicted molar refractivity (Wildman–Crippen MR) is 92.4 cm³/mol. The molecule has 2 rings (SSSR count). The molecular formula is C18H24N4O. The Morgan fingerprint density at radius 2 is 1.96 bits per heavy atom. The minimum Gasteiger partial charge on any atom is -0.370 e. The highest BCUT2D eigenvalue weighted by atomic mass is 16.2. The molecule has 0 atom stereocenters. The van der Waals surface area contributed by atoms with Gasteiger partial charge in [0.25, 0.3) is 5.91 Å². The van der Waals surface area contributed by atoms with Crippen molar-refractivity contribution in [2.24, 2.45) is 0 Å². The first-order chi connectivity index (χ1) is 11.1. The van der Waals surface area contributed by atoms with E-state index in [0.29, 0.717) is 23.9 Å². The van der Waals surface area contributed by atoms with Crippen LogP contribution in [-0.2, 0) is 6.54 Å². The normalized spacial score (nSPS) is 10.4. The summed E-state index contributed by atoms with van der Waals surface area (Å²) in [5.41, 5.74) is 1.52. The lowest BCUT2D eigenvalue weighted by atomic mass is 10.2. The van der Waals surface area contributed by atoms with Gasteiger partial charge in [-0.2, -0.15) is 0 Å². The maximum absolute atomic E-state index is 12.6. The molecule has 1 heterocycles.